The minimum atomic E-state index is 0.318. The van der Waals surface area contributed by atoms with Crippen molar-refractivity contribution in [3.8, 4) is 0 Å². The standard InChI is InChI=1S/C15H22BrN/c1-5-10-17(12-15(2,3)4)11-13-6-8-14(16)9-7-13/h5-9H,1,10-12H2,2-4H3. The van der Waals surface area contributed by atoms with Crippen molar-refractivity contribution in [2.75, 3.05) is 13.1 Å². The second kappa shape index (κ2) is 6.36. The van der Waals surface area contributed by atoms with Gasteiger partial charge in [0.15, 0.2) is 0 Å². The molecule has 0 bridgehead atoms. The molecule has 0 fully saturated rings. The van der Waals surface area contributed by atoms with Crippen LogP contribution in [0.2, 0.25) is 0 Å². The number of benzene rings is 1. The third kappa shape index (κ3) is 6.04. The van der Waals surface area contributed by atoms with Gasteiger partial charge < -0.3 is 0 Å². The normalized spacial score (nSPS) is 11.8. The molecule has 1 aromatic rings. The molecular formula is C15H22BrN. The van der Waals surface area contributed by atoms with E-state index in [1.807, 2.05) is 6.08 Å². The highest BCUT2D eigenvalue weighted by molar-refractivity contribution is 9.10. The maximum atomic E-state index is 3.84. The fourth-order valence-electron chi connectivity index (χ4n) is 1.89. The summed E-state index contributed by atoms with van der Waals surface area (Å²) in [6.07, 6.45) is 1.98. The van der Waals surface area contributed by atoms with Crippen LogP contribution in [-0.4, -0.2) is 18.0 Å². The van der Waals surface area contributed by atoms with Crippen molar-refractivity contribution in [2.45, 2.75) is 27.3 Å². The largest absolute Gasteiger partial charge is 0.295 e. The molecule has 0 radical (unpaired) electrons. The minimum absolute atomic E-state index is 0.318. The second-order valence-corrected chi connectivity index (χ2v) is 6.56. The van der Waals surface area contributed by atoms with Crippen LogP contribution < -0.4 is 0 Å². The number of hydrogen-bond acceptors (Lipinski definition) is 1. The van der Waals surface area contributed by atoms with Crippen molar-refractivity contribution in [2.24, 2.45) is 5.41 Å². The Morgan fingerprint density at radius 3 is 2.29 bits per heavy atom. The first kappa shape index (κ1) is 14.5. The van der Waals surface area contributed by atoms with E-state index >= 15 is 0 Å². The molecule has 1 aromatic carbocycles. The van der Waals surface area contributed by atoms with Crippen molar-refractivity contribution >= 4 is 15.9 Å². The predicted molar refractivity (Wildman–Crippen MR) is 79.1 cm³/mol. The lowest BCUT2D eigenvalue weighted by molar-refractivity contribution is 0.201. The molecule has 0 heterocycles. The fourth-order valence-corrected chi connectivity index (χ4v) is 2.15. The van der Waals surface area contributed by atoms with Crippen LogP contribution in [0.3, 0.4) is 0 Å². The highest BCUT2D eigenvalue weighted by Crippen LogP contribution is 2.18. The van der Waals surface area contributed by atoms with Gasteiger partial charge in [-0.05, 0) is 23.1 Å². The van der Waals surface area contributed by atoms with Crippen LogP contribution in [0.5, 0.6) is 0 Å². The summed E-state index contributed by atoms with van der Waals surface area (Å²) in [7, 11) is 0. The molecule has 17 heavy (non-hydrogen) atoms. The van der Waals surface area contributed by atoms with E-state index in [1.165, 1.54) is 5.56 Å². The van der Waals surface area contributed by atoms with E-state index in [4.69, 9.17) is 0 Å². The zero-order chi connectivity index (χ0) is 12.9. The van der Waals surface area contributed by atoms with Gasteiger partial charge in [0.25, 0.3) is 0 Å². The van der Waals surface area contributed by atoms with Gasteiger partial charge in [-0.2, -0.15) is 0 Å². The number of halogens is 1. The molecule has 0 aliphatic carbocycles. The first-order chi connectivity index (χ1) is 7.90. The first-order valence-corrected chi connectivity index (χ1v) is 6.78. The van der Waals surface area contributed by atoms with Crippen LogP contribution in [0.25, 0.3) is 0 Å². The molecule has 0 amide bonds. The number of rotatable bonds is 5. The van der Waals surface area contributed by atoms with Gasteiger partial charge in [-0.25, -0.2) is 0 Å². The maximum absolute atomic E-state index is 3.84. The fraction of sp³-hybridized carbons (Fsp3) is 0.467. The molecule has 94 valence electrons. The number of nitrogens with zero attached hydrogens (tertiary/aromatic N) is 1. The summed E-state index contributed by atoms with van der Waals surface area (Å²) < 4.78 is 1.13. The molecule has 0 aromatic heterocycles. The highest BCUT2D eigenvalue weighted by Gasteiger charge is 2.15. The zero-order valence-corrected chi connectivity index (χ0v) is 12.6. The molecule has 0 aliphatic rings. The third-order valence-corrected chi connectivity index (χ3v) is 2.93. The summed E-state index contributed by atoms with van der Waals surface area (Å²) >= 11 is 3.46. The summed E-state index contributed by atoms with van der Waals surface area (Å²) in [6.45, 7) is 13.6. The summed E-state index contributed by atoms with van der Waals surface area (Å²) in [4.78, 5) is 2.43. The van der Waals surface area contributed by atoms with Crippen LogP contribution in [0.4, 0.5) is 0 Å². The molecule has 0 saturated carbocycles. The van der Waals surface area contributed by atoms with Crippen molar-refractivity contribution in [3.05, 3.63) is 47.0 Å². The Morgan fingerprint density at radius 1 is 1.24 bits per heavy atom. The second-order valence-electron chi connectivity index (χ2n) is 5.65. The van der Waals surface area contributed by atoms with Crippen molar-refractivity contribution < 1.29 is 0 Å². The minimum Gasteiger partial charge on any atom is -0.295 e. The molecule has 1 nitrogen and oxygen atoms in total. The Hall–Kier alpha value is -0.600. The van der Waals surface area contributed by atoms with Crippen molar-refractivity contribution in [1.29, 1.82) is 0 Å². The summed E-state index contributed by atoms with van der Waals surface area (Å²) in [6, 6.07) is 8.53. The third-order valence-electron chi connectivity index (χ3n) is 2.40. The van der Waals surface area contributed by atoms with Gasteiger partial charge in [0.2, 0.25) is 0 Å². The van der Waals surface area contributed by atoms with Gasteiger partial charge in [0.1, 0.15) is 0 Å². The topological polar surface area (TPSA) is 3.24 Å². The van der Waals surface area contributed by atoms with Gasteiger partial charge >= 0.3 is 0 Å². The average molecular weight is 296 g/mol. The van der Waals surface area contributed by atoms with Crippen molar-refractivity contribution in [3.63, 3.8) is 0 Å². The Kier molecular flexibility index (Phi) is 5.41. The Morgan fingerprint density at radius 2 is 1.82 bits per heavy atom. The van der Waals surface area contributed by atoms with Crippen molar-refractivity contribution in [1.82, 2.24) is 4.90 Å². The molecule has 2 heteroatoms. The van der Waals surface area contributed by atoms with Crippen LogP contribution in [0.15, 0.2) is 41.4 Å². The summed E-state index contributed by atoms with van der Waals surface area (Å²) in [5.41, 5.74) is 1.66. The van der Waals surface area contributed by atoms with Gasteiger partial charge in [-0.15, -0.1) is 6.58 Å². The molecule has 0 unspecified atom stereocenters. The SMILES string of the molecule is C=CCN(Cc1ccc(Br)cc1)CC(C)(C)C. The summed E-state index contributed by atoms with van der Waals surface area (Å²) in [5.74, 6) is 0. The number of hydrogen-bond donors (Lipinski definition) is 0. The molecule has 0 N–H and O–H groups in total. The highest BCUT2D eigenvalue weighted by atomic mass is 79.9. The summed E-state index contributed by atoms with van der Waals surface area (Å²) in [5, 5.41) is 0. The molecule has 1 rings (SSSR count). The quantitative estimate of drug-likeness (QED) is 0.724. The average Bonchev–Trinajstić information content (AvgIpc) is 2.19. The Balaban J connectivity index is 2.66. The van der Waals surface area contributed by atoms with Crippen LogP contribution >= 0.6 is 15.9 Å². The van der Waals surface area contributed by atoms with Crippen LogP contribution in [0.1, 0.15) is 26.3 Å². The van der Waals surface area contributed by atoms with Gasteiger partial charge in [-0.1, -0.05) is 54.9 Å². The lowest BCUT2D eigenvalue weighted by atomic mass is 9.96. The molecule has 0 saturated heterocycles. The molecular weight excluding hydrogens is 274 g/mol. The van der Waals surface area contributed by atoms with Gasteiger partial charge in [0.05, 0.1) is 0 Å². The van der Waals surface area contributed by atoms with E-state index in [2.05, 4.69) is 72.4 Å². The Bertz CT molecular complexity index is 348. The Labute approximate surface area is 114 Å². The monoisotopic (exact) mass is 295 g/mol. The van der Waals surface area contributed by atoms with Crippen LogP contribution in [-0.2, 0) is 6.54 Å². The zero-order valence-electron chi connectivity index (χ0n) is 11.0. The van der Waals surface area contributed by atoms with E-state index in [0.717, 1.165) is 24.1 Å². The van der Waals surface area contributed by atoms with Gasteiger partial charge in [-0.3, -0.25) is 4.90 Å². The van der Waals surface area contributed by atoms with Gasteiger partial charge in [0, 0.05) is 24.1 Å². The predicted octanol–water partition coefficient (Wildman–Crippen LogP) is 4.48. The lowest BCUT2D eigenvalue weighted by Crippen LogP contribution is -2.32. The molecule has 0 aliphatic heterocycles. The van der Waals surface area contributed by atoms with E-state index < -0.39 is 0 Å². The maximum Gasteiger partial charge on any atom is 0.0237 e. The van der Waals surface area contributed by atoms with E-state index in [9.17, 15) is 0 Å². The molecule has 0 atom stereocenters. The van der Waals surface area contributed by atoms with E-state index in [0.29, 0.717) is 5.41 Å². The smallest absolute Gasteiger partial charge is 0.0237 e. The molecule has 0 spiro atoms. The van der Waals surface area contributed by atoms with Crippen LogP contribution in [0, 0.1) is 5.41 Å². The first-order valence-electron chi connectivity index (χ1n) is 5.98. The van der Waals surface area contributed by atoms with E-state index in [-0.39, 0.29) is 0 Å². The lowest BCUT2D eigenvalue weighted by Gasteiger charge is -2.29. The van der Waals surface area contributed by atoms with E-state index in [1.54, 1.807) is 0 Å².